The summed E-state index contributed by atoms with van der Waals surface area (Å²) in [5.41, 5.74) is 1.14. The molecule has 0 amide bonds. The molecule has 0 aromatic heterocycles. The third-order valence-electron chi connectivity index (χ3n) is 2.10. The number of anilines is 1. The van der Waals surface area contributed by atoms with Crippen molar-refractivity contribution in [3.8, 4) is 0 Å². The Morgan fingerprint density at radius 3 is 2.75 bits per heavy atom. The van der Waals surface area contributed by atoms with Gasteiger partial charge in [-0.25, -0.2) is 4.99 Å². The second-order valence-electron chi connectivity index (χ2n) is 3.37. The molecule has 82 valence electrons. The third-order valence-corrected chi connectivity index (χ3v) is 8.10. The smallest absolute Gasteiger partial charge is 0.110 e. The molecule has 16 heavy (non-hydrogen) atoms. The van der Waals surface area contributed by atoms with Gasteiger partial charge in [-0.2, -0.15) is 0 Å². The average Bonchev–Trinajstić information content (AvgIpc) is 2.76. The summed E-state index contributed by atoms with van der Waals surface area (Å²) in [6, 6.07) is 10.2. The van der Waals surface area contributed by atoms with Gasteiger partial charge in [0, 0.05) is 11.8 Å². The molecule has 2 nitrogen and oxygen atoms in total. The van der Waals surface area contributed by atoms with Crippen LogP contribution in [0.25, 0.3) is 0 Å². The van der Waals surface area contributed by atoms with Crippen LogP contribution in [-0.2, 0) is 0 Å². The Morgan fingerprint density at radius 1 is 1.19 bits per heavy atom. The van der Waals surface area contributed by atoms with E-state index in [1.807, 2.05) is 39.8 Å². The first-order valence-electron chi connectivity index (χ1n) is 4.88. The largest absolute Gasteiger partial charge is 0.349 e. The lowest BCUT2D eigenvalue weighted by molar-refractivity contribution is 1.56. The number of para-hydroxylation sites is 1. The SMILES string of the molecule is CC1=NC2=S(SC(Nc3ccccc3)=C2)S1. The first-order valence-corrected chi connectivity index (χ1v) is 8.77. The van der Waals surface area contributed by atoms with Crippen LogP contribution >= 0.6 is 30.1 Å². The van der Waals surface area contributed by atoms with Crippen molar-refractivity contribution in [2.24, 2.45) is 4.99 Å². The lowest BCUT2D eigenvalue weighted by Gasteiger charge is -2.06. The summed E-state index contributed by atoms with van der Waals surface area (Å²) in [5.74, 6) is 0. The van der Waals surface area contributed by atoms with Crippen LogP contribution in [0.3, 0.4) is 0 Å². The van der Waals surface area contributed by atoms with Crippen molar-refractivity contribution in [3.63, 3.8) is 0 Å². The average molecular weight is 266 g/mol. The maximum atomic E-state index is 4.51. The Bertz CT molecular complexity index is 517. The predicted molar refractivity (Wildman–Crippen MR) is 79.0 cm³/mol. The maximum absolute atomic E-state index is 4.51. The van der Waals surface area contributed by atoms with Crippen LogP contribution in [-0.4, -0.2) is 10.0 Å². The Balaban J connectivity index is 1.74. The minimum atomic E-state index is 0.189. The first kappa shape index (κ1) is 10.5. The minimum absolute atomic E-state index is 0.189. The Morgan fingerprint density at radius 2 is 2.00 bits per heavy atom. The number of nitrogens with zero attached hydrogens (tertiary/aromatic N) is 1. The lowest BCUT2D eigenvalue weighted by Crippen LogP contribution is -1.94. The molecule has 0 fully saturated rings. The number of nitrogens with one attached hydrogen (secondary N) is 1. The van der Waals surface area contributed by atoms with Crippen molar-refractivity contribution in [2.45, 2.75) is 6.92 Å². The quantitative estimate of drug-likeness (QED) is 0.645. The van der Waals surface area contributed by atoms with E-state index in [4.69, 9.17) is 0 Å². The van der Waals surface area contributed by atoms with Crippen LogP contribution in [0.1, 0.15) is 6.92 Å². The van der Waals surface area contributed by atoms with Gasteiger partial charge in [-0.1, -0.05) is 18.2 Å². The number of rotatable bonds is 2. The van der Waals surface area contributed by atoms with E-state index in [0.29, 0.717) is 0 Å². The second-order valence-corrected chi connectivity index (χ2v) is 9.25. The Labute approximate surface area is 104 Å². The predicted octanol–water partition coefficient (Wildman–Crippen LogP) is 4.08. The zero-order chi connectivity index (χ0) is 11.0. The molecule has 2 aliphatic rings. The summed E-state index contributed by atoms with van der Waals surface area (Å²) >= 11 is 0. The number of aliphatic imine (C=N–C) groups is 1. The van der Waals surface area contributed by atoms with Gasteiger partial charge in [-0.05, 0) is 49.2 Å². The van der Waals surface area contributed by atoms with E-state index in [2.05, 4.69) is 35.4 Å². The van der Waals surface area contributed by atoms with Gasteiger partial charge in [0.05, 0.1) is 10.1 Å². The van der Waals surface area contributed by atoms with Gasteiger partial charge in [-0.15, -0.1) is 0 Å². The molecule has 0 radical (unpaired) electrons. The Kier molecular flexibility index (Phi) is 2.83. The molecule has 1 aromatic carbocycles. The van der Waals surface area contributed by atoms with Gasteiger partial charge in [-0.3, -0.25) is 0 Å². The molecule has 0 bridgehead atoms. The van der Waals surface area contributed by atoms with Crippen molar-refractivity contribution in [1.29, 1.82) is 0 Å². The van der Waals surface area contributed by atoms with E-state index < -0.39 is 0 Å². The van der Waals surface area contributed by atoms with Gasteiger partial charge < -0.3 is 5.32 Å². The molecular formula is C11H10N2S3. The molecule has 1 N–H and O–H groups in total. The first-order chi connectivity index (χ1) is 7.81. The number of benzene rings is 1. The molecule has 0 saturated carbocycles. The highest BCUT2D eigenvalue weighted by atomic mass is 33.5. The van der Waals surface area contributed by atoms with Crippen LogP contribution in [0.5, 0.6) is 0 Å². The van der Waals surface area contributed by atoms with Crippen LogP contribution in [0.2, 0.25) is 0 Å². The van der Waals surface area contributed by atoms with E-state index >= 15 is 0 Å². The van der Waals surface area contributed by atoms with Gasteiger partial charge in [0.25, 0.3) is 0 Å². The third kappa shape index (κ3) is 2.07. The van der Waals surface area contributed by atoms with Gasteiger partial charge in [0.15, 0.2) is 0 Å². The Hall–Kier alpha value is -0.650. The molecule has 3 rings (SSSR count). The zero-order valence-electron chi connectivity index (χ0n) is 8.64. The van der Waals surface area contributed by atoms with Gasteiger partial charge >= 0.3 is 0 Å². The number of hydrogen-bond donors (Lipinski definition) is 1. The highest BCUT2D eigenvalue weighted by molar-refractivity contribution is 9.19. The molecule has 2 aliphatic heterocycles. The summed E-state index contributed by atoms with van der Waals surface area (Å²) < 4.78 is 0. The van der Waals surface area contributed by atoms with Crippen molar-refractivity contribution in [2.75, 3.05) is 5.32 Å². The lowest BCUT2D eigenvalue weighted by atomic mass is 10.3. The van der Waals surface area contributed by atoms with E-state index in [1.54, 1.807) is 0 Å². The zero-order valence-corrected chi connectivity index (χ0v) is 11.1. The summed E-state index contributed by atoms with van der Waals surface area (Å²) in [5, 5.41) is 5.80. The highest BCUT2D eigenvalue weighted by Gasteiger charge is 2.22. The highest BCUT2D eigenvalue weighted by Crippen LogP contribution is 2.56. The summed E-state index contributed by atoms with van der Waals surface area (Å²) in [6.45, 7) is 2.07. The van der Waals surface area contributed by atoms with Crippen LogP contribution < -0.4 is 5.32 Å². The van der Waals surface area contributed by atoms with Gasteiger partial charge in [0.1, 0.15) is 4.99 Å². The molecule has 0 aliphatic carbocycles. The topological polar surface area (TPSA) is 24.4 Å². The summed E-state index contributed by atoms with van der Waals surface area (Å²) in [6.07, 6.45) is 2.16. The minimum Gasteiger partial charge on any atom is -0.349 e. The van der Waals surface area contributed by atoms with Crippen molar-refractivity contribution < 1.29 is 0 Å². The van der Waals surface area contributed by atoms with E-state index in [1.165, 1.54) is 15.1 Å². The van der Waals surface area contributed by atoms with Crippen LogP contribution in [0.15, 0.2) is 46.4 Å². The van der Waals surface area contributed by atoms with Gasteiger partial charge in [0.2, 0.25) is 0 Å². The molecule has 5 heteroatoms. The molecule has 1 aromatic rings. The van der Waals surface area contributed by atoms with E-state index in [-0.39, 0.29) is 8.55 Å². The fourth-order valence-electron chi connectivity index (χ4n) is 1.44. The van der Waals surface area contributed by atoms with Crippen LogP contribution in [0, 0.1) is 0 Å². The molecular weight excluding hydrogens is 256 g/mol. The molecule has 1 atom stereocenters. The monoisotopic (exact) mass is 266 g/mol. The van der Waals surface area contributed by atoms with Crippen molar-refractivity contribution in [1.82, 2.24) is 0 Å². The van der Waals surface area contributed by atoms with Crippen molar-refractivity contribution >= 4 is 45.9 Å². The molecule has 0 saturated heterocycles. The molecule has 0 spiro atoms. The van der Waals surface area contributed by atoms with E-state index in [0.717, 1.165) is 5.69 Å². The maximum Gasteiger partial charge on any atom is 0.110 e. The summed E-state index contributed by atoms with van der Waals surface area (Å²) in [7, 11) is 3.92. The molecule has 2 heterocycles. The number of hydrogen-bond acceptors (Lipinski definition) is 4. The summed E-state index contributed by atoms with van der Waals surface area (Å²) in [4.78, 5) is 5.73. The normalized spacial score (nSPS) is 22.8. The fraction of sp³-hybridized carbons (Fsp3) is 0.0909. The molecule has 1 unspecified atom stereocenters. The van der Waals surface area contributed by atoms with Crippen LogP contribution in [0.4, 0.5) is 5.69 Å². The standard InChI is InChI=1S/C11H10N2S3/c1-8-12-11-7-10(15-16(11)14-8)13-9-5-3-2-4-6-9/h2-7,13H,1H3. The van der Waals surface area contributed by atoms with E-state index in [9.17, 15) is 0 Å². The fourth-order valence-corrected chi connectivity index (χ4v) is 7.55. The van der Waals surface area contributed by atoms with Crippen molar-refractivity contribution in [3.05, 3.63) is 41.4 Å². The second kappa shape index (κ2) is 4.31.